The maximum absolute atomic E-state index is 12.2. The van der Waals surface area contributed by atoms with Crippen molar-refractivity contribution in [3.05, 3.63) is 0 Å². The van der Waals surface area contributed by atoms with Crippen molar-refractivity contribution in [1.82, 2.24) is 0 Å². The number of rotatable bonds is 5. The fourth-order valence-electron chi connectivity index (χ4n) is 2.91. The van der Waals surface area contributed by atoms with Gasteiger partial charge in [0.05, 0.1) is 10.5 Å². The lowest BCUT2D eigenvalue weighted by atomic mass is 9.78. The van der Waals surface area contributed by atoms with E-state index in [2.05, 4.69) is 22.9 Å². The minimum atomic E-state index is -2.97. The van der Waals surface area contributed by atoms with Crippen LogP contribution in [0, 0.1) is 11.8 Å². The second kappa shape index (κ2) is 6.93. The van der Waals surface area contributed by atoms with E-state index in [1.807, 2.05) is 0 Å². The highest BCUT2D eigenvalue weighted by Gasteiger charge is 2.33. The van der Waals surface area contributed by atoms with Crippen LogP contribution < -0.4 is 0 Å². The van der Waals surface area contributed by atoms with Crippen LogP contribution in [0.15, 0.2) is 0 Å². The van der Waals surface area contributed by atoms with Gasteiger partial charge in [0, 0.05) is 4.83 Å². The van der Waals surface area contributed by atoms with E-state index < -0.39 is 14.6 Å². The van der Waals surface area contributed by atoms with E-state index in [0.29, 0.717) is 16.5 Å². The molecule has 3 unspecified atom stereocenters. The average Bonchev–Trinajstić information content (AvgIpc) is 2.29. The second-order valence-corrected chi connectivity index (χ2v) is 11.0. The molecule has 1 saturated carbocycles. The van der Waals surface area contributed by atoms with Crippen LogP contribution in [0.5, 0.6) is 0 Å². The molecule has 114 valence electrons. The van der Waals surface area contributed by atoms with E-state index in [4.69, 9.17) is 0 Å². The maximum Gasteiger partial charge on any atom is 0.155 e. The Morgan fingerprint density at radius 3 is 2.32 bits per heavy atom. The zero-order chi connectivity index (χ0) is 14.7. The van der Waals surface area contributed by atoms with Crippen LogP contribution in [-0.2, 0) is 9.84 Å². The van der Waals surface area contributed by atoms with Crippen molar-refractivity contribution < 1.29 is 8.42 Å². The van der Waals surface area contributed by atoms with Crippen LogP contribution in [0.2, 0.25) is 0 Å². The summed E-state index contributed by atoms with van der Waals surface area (Å²) in [5.41, 5.74) is 0. The zero-order valence-corrected chi connectivity index (χ0v) is 15.2. The third-order valence-electron chi connectivity index (χ3n) is 4.39. The van der Waals surface area contributed by atoms with Crippen molar-refractivity contribution in [2.24, 2.45) is 11.8 Å². The van der Waals surface area contributed by atoms with Crippen molar-refractivity contribution >= 4 is 25.8 Å². The molecule has 0 aromatic carbocycles. The van der Waals surface area contributed by atoms with Gasteiger partial charge in [-0.15, -0.1) is 0 Å². The van der Waals surface area contributed by atoms with E-state index in [0.717, 1.165) is 12.3 Å². The molecule has 0 radical (unpaired) electrons. The predicted molar refractivity (Wildman–Crippen MR) is 86.6 cm³/mol. The van der Waals surface area contributed by atoms with Crippen LogP contribution in [0.25, 0.3) is 0 Å². The van der Waals surface area contributed by atoms with Crippen LogP contribution in [0.1, 0.15) is 66.2 Å². The Hall–Kier alpha value is 0.430. The van der Waals surface area contributed by atoms with Crippen LogP contribution >= 0.6 is 15.9 Å². The maximum atomic E-state index is 12.2. The van der Waals surface area contributed by atoms with E-state index in [1.165, 1.54) is 32.1 Å². The summed E-state index contributed by atoms with van der Waals surface area (Å²) in [6, 6.07) is 0. The molecule has 0 saturated heterocycles. The molecule has 0 heterocycles. The van der Waals surface area contributed by atoms with Gasteiger partial charge in [-0.3, -0.25) is 0 Å². The first kappa shape index (κ1) is 17.5. The molecule has 0 aromatic heterocycles. The monoisotopic (exact) mass is 352 g/mol. The van der Waals surface area contributed by atoms with Gasteiger partial charge in [-0.05, 0) is 58.3 Å². The highest BCUT2D eigenvalue weighted by molar-refractivity contribution is 9.09. The quantitative estimate of drug-likeness (QED) is 0.679. The molecule has 0 spiro atoms. The highest BCUT2D eigenvalue weighted by atomic mass is 79.9. The van der Waals surface area contributed by atoms with E-state index in [1.54, 1.807) is 20.8 Å². The number of alkyl halides is 1. The lowest BCUT2D eigenvalue weighted by Crippen LogP contribution is -2.33. The molecule has 1 rings (SSSR count). The number of hydrogen-bond donors (Lipinski definition) is 0. The average molecular weight is 353 g/mol. The fourth-order valence-corrected chi connectivity index (χ4v) is 4.88. The molecule has 1 aliphatic rings. The summed E-state index contributed by atoms with van der Waals surface area (Å²) in [6.45, 7) is 7.64. The Bertz CT molecular complexity index is 370. The zero-order valence-electron chi connectivity index (χ0n) is 12.8. The van der Waals surface area contributed by atoms with Gasteiger partial charge in [-0.1, -0.05) is 35.7 Å². The molecular weight excluding hydrogens is 324 g/mol. The summed E-state index contributed by atoms with van der Waals surface area (Å²) in [5.74, 6) is 1.67. The topological polar surface area (TPSA) is 34.1 Å². The molecule has 1 aliphatic carbocycles. The van der Waals surface area contributed by atoms with Crippen molar-refractivity contribution in [2.75, 3.05) is 5.75 Å². The van der Waals surface area contributed by atoms with Crippen molar-refractivity contribution in [3.8, 4) is 0 Å². The Balaban J connectivity index is 2.56. The summed E-state index contributed by atoms with van der Waals surface area (Å²) in [4.78, 5) is 0.510. The van der Waals surface area contributed by atoms with Crippen LogP contribution in [-0.4, -0.2) is 23.7 Å². The first-order valence-electron chi connectivity index (χ1n) is 7.53. The molecule has 4 heteroatoms. The van der Waals surface area contributed by atoms with Gasteiger partial charge in [0.15, 0.2) is 9.84 Å². The third kappa shape index (κ3) is 5.04. The largest absolute Gasteiger partial charge is 0.228 e. The van der Waals surface area contributed by atoms with Gasteiger partial charge in [0.1, 0.15) is 0 Å². The molecule has 0 amide bonds. The molecule has 0 bridgehead atoms. The molecule has 0 aliphatic heterocycles. The van der Waals surface area contributed by atoms with Gasteiger partial charge >= 0.3 is 0 Å². The smallest absolute Gasteiger partial charge is 0.155 e. The molecule has 0 aromatic rings. The SMILES string of the molecule is CCCC1CCC(Br)C(CCS(=O)(=O)C(C)(C)C)C1. The lowest BCUT2D eigenvalue weighted by molar-refractivity contribution is 0.259. The Labute approximate surface area is 127 Å². The van der Waals surface area contributed by atoms with E-state index in [9.17, 15) is 8.42 Å². The Morgan fingerprint density at radius 2 is 1.79 bits per heavy atom. The number of sulfone groups is 1. The summed E-state index contributed by atoms with van der Waals surface area (Å²) in [5, 5.41) is 0. The van der Waals surface area contributed by atoms with Crippen LogP contribution in [0.3, 0.4) is 0 Å². The molecule has 3 atom stereocenters. The first-order chi connectivity index (χ1) is 8.67. The Morgan fingerprint density at radius 1 is 1.16 bits per heavy atom. The Kier molecular flexibility index (Phi) is 6.37. The summed E-state index contributed by atoms with van der Waals surface area (Å²) >= 11 is 3.76. The first-order valence-corrected chi connectivity index (χ1v) is 10.1. The standard InChI is InChI=1S/C15H29BrO2S/c1-5-6-12-7-8-14(16)13(11-12)9-10-19(17,18)15(2,3)4/h12-14H,5-11H2,1-4H3. The highest BCUT2D eigenvalue weighted by Crippen LogP contribution is 2.38. The van der Waals surface area contributed by atoms with Crippen molar-refractivity contribution in [3.63, 3.8) is 0 Å². The van der Waals surface area contributed by atoms with Crippen LogP contribution in [0.4, 0.5) is 0 Å². The number of hydrogen-bond acceptors (Lipinski definition) is 2. The van der Waals surface area contributed by atoms with Crippen molar-refractivity contribution in [1.29, 1.82) is 0 Å². The molecule has 19 heavy (non-hydrogen) atoms. The van der Waals surface area contributed by atoms with Gasteiger partial charge in [-0.2, -0.15) is 0 Å². The fraction of sp³-hybridized carbons (Fsp3) is 1.00. The van der Waals surface area contributed by atoms with E-state index in [-0.39, 0.29) is 0 Å². The van der Waals surface area contributed by atoms with Gasteiger partial charge in [-0.25, -0.2) is 8.42 Å². The summed E-state index contributed by atoms with van der Waals surface area (Å²) < 4.78 is 23.8. The second-order valence-electron chi connectivity index (χ2n) is 6.96. The summed E-state index contributed by atoms with van der Waals surface area (Å²) in [6.07, 6.45) is 7.04. The molecule has 0 N–H and O–H groups in total. The predicted octanol–water partition coefficient (Wildman–Crippen LogP) is 4.57. The van der Waals surface area contributed by atoms with Gasteiger partial charge in [0.25, 0.3) is 0 Å². The minimum Gasteiger partial charge on any atom is -0.228 e. The van der Waals surface area contributed by atoms with Crippen molar-refractivity contribution in [2.45, 2.75) is 75.8 Å². The number of halogens is 1. The molecule has 1 fully saturated rings. The minimum absolute atomic E-state index is 0.335. The van der Waals surface area contributed by atoms with Gasteiger partial charge < -0.3 is 0 Å². The molecule has 2 nitrogen and oxygen atoms in total. The summed E-state index contributed by atoms with van der Waals surface area (Å²) in [7, 11) is -2.97. The lowest BCUT2D eigenvalue weighted by Gasteiger charge is -2.33. The normalized spacial score (nSPS) is 29.4. The van der Waals surface area contributed by atoms with Gasteiger partial charge in [0.2, 0.25) is 0 Å². The van der Waals surface area contributed by atoms with E-state index >= 15 is 0 Å². The molecular formula is C15H29BrO2S. The third-order valence-corrected chi connectivity index (χ3v) is 8.23.